The van der Waals surface area contributed by atoms with Crippen molar-refractivity contribution in [3.63, 3.8) is 0 Å². The van der Waals surface area contributed by atoms with E-state index in [1.807, 2.05) is 44.2 Å². The summed E-state index contributed by atoms with van der Waals surface area (Å²) in [7, 11) is 0. The number of nitrogens with zero attached hydrogens (tertiary/aromatic N) is 2. The van der Waals surface area contributed by atoms with Crippen molar-refractivity contribution in [2.75, 3.05) is 6.79 Å². The van der Waals surface area contributed by atoms with Crippen LogP contribution < -0.4 is 14.2 Å². The van der Waals surface area contributed by atoms with E-state index in [1.54, 1.807) is 18.3 Å². The molecule has 1 aliphatic heterocycles. The third-order valence-corrected chi connectivity index (χ3v) is 5.58. The fourth-order valence-corrected chi connectivity index (χ4v) is 3.82. The van der Waals surface area contributed by atoms with Crippen LogP contribution in [0.5, 0.6) is 17.2 Å². The van der Waals surface area contributed by atoms with Gasteiger partial charge < -0.3 is 18.8 Å². The minimum Gasteiger partial charge on any atom is -0.487 e. The number of fused-ring (bicyclic) bond motifs is 2. The molecule has 3 heterocycles. The van der Waals surface area contributed by atoms with Crippen molar-refractivity contribution in [3.8, 4) is 17.2 Å². The van der Waals surface area contributed by atoms with Gasteiger partial charge in [-0.2, -0.15) is 0 Å². The van der Waals surface area contributed by atoms with Crippen molar-refractivity contribution in [2.24, 2.45) is 0 Å². The van der Waals surface area contributed by atoms with E-state index >= 15 is 0 Å². The van der Waals surface area contributed by atoms with Crippen molar-refractivity contribution in [3.05, 3.63) is 82.9 Å². The maximum Gasteiger partial charge on any atom is 0.231 e. The summed E-state index contributed by atoms with van der Waals surface area (Å²) in [6.07, 6.45) is 1.75. The maximum atomic E-state index is 14.3. The van der Waals surface area contributed by atoms with Crippen LogP contribution in [0.1, 0.15) is 22.4 Å². The third-order valence-electron chi connectivity index (χ3n) is 5.58. The molecule has 5 rings (SSSR count). The monoisotopic (exact) mass is 404 g/mol. The number of pyridine rings is 1. The summed E-state index contributed by atoms with van der Waals surface area (Å²) in [4.78, 5) is 4.56. The first-order valence-electron chi connectivity index (χ1n) is 9.81. The number of aromatic nitrogens is 2. The number of ether oxygens (including phenoxy) is 3. The zero-order valence-electron chi connectivity index (χ0n) is 16.8. The van der Waals surface area contributed by atoms with Gasteiger partial charge in [0.25, 0.3) is 0 Å². The topological polar surface area (TPSA) is 45.5 Å². The molecule has 0 fully saturated rings. The summed E-state index contributed by atoms with van der Waals surface area (Å²) in [6, 6.07) is 14.5. The fourth-order valence-electron chi connectivity index (χ4n) is 3.82. The van der Waals surface area contributed by atoms with E-state index < -0.39 is 0 Å². The molecule has 0 aliphatic carbocycles. The molecule has 2 aromatic heterocycles. The van der Waals surface area contributed by atoms with Crippen molar-refractivity contribution >= 4 is 11.0 Å². The second-order valence-electron chi connectivity index (χ2n) is 7.37. The Morgan fingerprint density at radius 2 is 1.90 bits per heavy atom. The van der Waals surface area contributed by atoms with Gasteiger partial charge in [-0.25, -0.2) is 4.39 Å². The Hall–Kier alpha value is -3.54. The molecule has 0 radical (unpaired) electrons. The zero-order chi connectivity index (χ0) is 20.7. The van der Waals surface area contributed by atoms with Gasteiger partial charge in [-0.15, -0.1) is 0 Å². The third kappa shape index (κ3) is 3.14. The highest BCUT2D eigenvalue weighted by atomic mass is 19.1. The average molecular weight is 404 g/mol. The molecule has 0 N–H and O–H groups in total. The SMILES string of the molecule is Cc1c(C)n(Cc2ccccc2F)c2c(OCc3ccc4c(c3)OCO4)ccnc12. The second kappa shape index (κ2) is 7.37. The molecule has 152 valence electrons. The number of rotatable bonds is 5. The van der Waals surface area contributed by atoms with Crippen LogP contribution in [0.2, 0.25) is 0 Å². The predicted octanol–water partition coefficient (Wildman–Crippen LogP) is 5.15. The van der Waals surface area contributed by atoms with Crippen molar-refractivity contribution in [2.45, 2.75) is 27.0 Å². The van der Waals surface area contributed by atoms with Gasteiger partial charge >= 0.3 is 0 Å². The Balaban J connectivity index is 1.51. The number of halogens is 1. The highest BCUT2D eigenvalue weighted by molar-refractivity contribution is 5.86. The van der Waals surface area contributed by atoms with Gasteiger partial charge in [-0.1, -0.05) is 24.3 Å². The minimum absolute atomic E-state index is 0.219. The number of benzene rings is 2. The molecule has 0 saturated carbocycles. The number of hydrogen-bond acceptors (Lipinski definition) is 4. The standard InChI is InChI=1S/C24H21FN2O3/c1-15-16(2)27(12-18-5-3-4-6-19(18)25)24-21(9-10-26-23(15)24)28-13-17-7-8-20-22(11-17)30-14-29-20/h3-11H,12-14H2,1-2H3. The largest absolute Gasteiger partial charge is 0.487 e. The summed E-state index contributed by atoms with van der Waals surface area (Å²) in [5.74, 6) is 1.97. The van der Waals surface area contributed by atoms with E-state index in [4.69, 9.17) is 14.2 Å². The molecule has 0 unspecified atom stereocenters. The first kappa shape index (κ1) is 18.5. The van der Waals surface area contributed by atoms with Crippen LogP contribution in [0.15, 0.2) is 54.7 Å². The van der Waals surface area contributed by atoms with Gasteiger partial charge in [-0.05, 0) is 43.2 Å². The van der Waals surface area contributed by atoms with E-state index in [9.17, 15) is 4.39 Å². The van der Waals surface area contributed by atoms with Crippen LogP contribution in [-0.2, 0) is 13.2 Å². The van der Waals surface area contributed by atoms with Gasteiger partial charge in [0.15, 0.2) is 11.5 Å². The van der Waals surface area contributed by atoms with Gasteiger partial charge in [0, 0.05) is 23.5 Å². The van der Waals surface area contributed by atoms with Crippen LogP contribution in [0, 0.1) is 19.7 Å². The Labute approximate surface area is 173 Å². The Morgan fingerprint density at radius 1 is 1.07 bits per heavy atom. The summed E-state index contributed by atoms with van der Waals surface area (Å²) in [6.45, 7) is 5.09. The number of aryl methyl sites for hydroxylation is 1. The van der Waals surface area contributed by atoms with E-state index in [1.165, 1.54) is 6.07 Å². The minimum atomic E-state index is -0.219. The lowest BCUT2D eigenvalue weighted by Gasteiger charge is -2.13. The predicted molar refractivity (Wildman–Crippen MR) is 112 cm³/mol. The second-order valence-corrected chi connectivity index (χ2v) is 7.37. The summed E-state index contributed by atoms with van der Waals surface area (Å²) < 4.78 is 33.4. The van der Waals surface area contributed by atoms with Crippen LogP contribution in [0.4, 0.5) is 4.39 Å². The van der Waals surface area contributed by atoms with Crippen LogP contribution in [0.3, 0.4) is 0 Å². The fraction of sp³-hybridized carbons (Fsp3) is 0.208. The summed E-state index contributed by atoms with van der Waals surface area (Å²) in [5, 5.41) is 0. The lowest BCUT2D eigenvalue weighted by Crippen LogP contribution is -2.05. The van der Waals surface area contributed by atoms with Crippen LogP contribution in [-0.4, -0.2) is 16.3 Å². The molecule has 0 amide bonds. The zero-order valence-corrected chi connectivity index (χ0v) is 16.8. The van der Waals surface area contributed by atoms with E-state index in [-0.39, 0.29) is 12.6 Å². The molecule has 0 spiro atoms. The van der Waals surface area contributed by atoms with E-state index in [2.05, 4.69) is 9.55 Å². The molecule has 4 aromatic rings. The molecular formula is C24H21FN2O3. The lowest BCUT2D eigenvalue weighted by atomic mass is 10.2. The quantitative estimate of drug-likeness (QED) is 0.462. The Kier molecular flexibility index (Phi) is 4.54. The molecule has 2 aromatic carbocycles. The van der Waals surface area contributed by atoms with Crippen molar-refractivity contribution < 1.29 is 18.6 Å². The van der Waals surface area contributed by atoms with Crippen molar-refractivity contribution in [1.29, 1.82) is 0 Å². The van der Waals surface area contributed by atoms with Crippen LogP contribution >= 0.6 is 0 Å². The first-order valence-corrected chi connectivity index (χ1v) is 9.81. The van der Waals surface area contributed by atoms with Gasteiger partial charge in [0.05, 0.1) is 12.1 Å². The number of hydrogen-bond donors (Lipinski definition) is 0. The molecule has 30 heavy (non-hydrogen) atoms. The molecule has 5 nitrogen and oxygen atoms in total. The molecule has 0 bridgehead atoms. The normalized spacial score (nSPS) is 12.5. The molecule has 6 heteroatoms. The van der Waals surface area contributed by atoms with Crippen molar-refractivity contribution in [1.82, 2.24) is 9.55 Å². The van der Waals surface area contributed by atoms with E-state index in [0.717, 1.165) is 39.4 Å². The molecular weight excluding hydrogens is 383 g/mol. The van der Waals surface area contributed by atoms with Gasteiger partial charge in [0.1, 0.15) is 23.7 Å². The summed E-state index contributed by atoms with van der Waals surface area (Å²) >= 11 is 0. The molecule has 1 aliphatic rings. The Morgan fingerprint density at radius 3 is 2.77 bits per heavy atom. The smallest absolute Gasteiger partial charge is 0.231 e. The highest BCUT2D eigenvalue weighted by Gasteiger charge is 2.18. The molecule has 0 atom stereocenters. The maximum absolute atomic E-state index is 14.3. The lowest BCUT2D eigenvalue weighted by molar-refractivity contribution is 0.174. The molecule has 0 saturated heterocycles. The van der Waals surface area contributed by atoms with E-state index in [0.29, 0.717) is 24.5 Å². The average Bonchev–Trinajstić information content (AvgIpc) is 3.32. The first-order chi connectivity index (χ1) is 14.6. The van der Waals surface area contributed by atoms with Crippen LogP contribution in [0.25, 0.3) is 11.0 Å². The van der Waals surface area contributed by atoms with Gasteiger partial charge in [-0.3, -0.25) is 4.98 Å². The highest BCUT2D eigenvalue weighted by Crippen LogP contribution is 2.34. The Bertz CT molecular complexity index is 1250. The van der Waals surface area contributed by atoms with Gasteiger partial charge in [0.2, 0.25) is 6.79 Å². The summed E-state index contributed by atoms with van der Waals surface area (Å²) in [5.41, 5.74) is 5.45.